The molecule has 0 aromatic heterocycles. The Morgan fingerprint density at radius 2 is 1.38 bits per heavy atom. The average Bonchev–Trinajstić information content (AvgIpc) is 2.27. The van der Waals surface area contributed by atoms with E-state index in [1.807, 2.05) is 0 Å². The third-order valence-electron chi connectivity index (χ3n) is 4.05. The van der Waals surface area contributed by atoms with Gasteiger partial charge in [0, 0.05) is 5.54 Å². The van der Waals surface area contributed by atoms with Crippen LogP contribution < -0.4 is 5.73 Å². The van der Waals surface area contributed by atoms with E-state index in [1.165, 1.54) is 51.4 Å². The fraction of sp³-hybridized carbons (Fsp3) is 1.00. The molecule has 0 amide bonds. The number of rotatable bonds is 10. The first kappa shape index (κ1) is 16.0. The van der Waals surface area contributed by atoms with E-state index in [-0.39, 0.29) is 5.54 Å². The van der Waals surface area contributed by atoms with Crippen LogP contribution in [0.3, 0.4) is 0 Å². The van der Waals surface area contributed by atoms with Gasteiger partial charge in [-0.05, 0) is 18.8 Å². The maximum absolute atomic E-state index is 6.40. The van der Waals surface area contributed by atoms with Crippen LogP contribution in [0.25, 0.3) is 0 Å². The van der Waals surface area contributed by atoms with E-state index in [0.29, 0.717) is 5.92 Å². The lowest BCUT2D eigenvalue weighted by Gasteiger charge is -2.32. The summed E-state index contributed by atoms with van der Waals surface area (Å²) >= 11 is 0. The molecule has 1 unspecified atom stereocenters. The van der Waals surface area contributed by atoms with Crippen LogP contribution in [0.1, 0.15) is 85.5 Å². The second-order valence-electron chi connectivity index (χ2n) is 5.61. The molecular weight excluding hydrogens is 194 g/mol. The monoisotopic (exact) mass is 227 g/mol. The first-order valence-electron chi connectivity index (χ1n) is 7.35. The number of hydrogen-bond donors (Lipinski definition) is 1. The minimum absolute atomic E-state index is 0.0867. The van der Waals surface area contributed by atoms with E-state index in [2.05, 4.69) is 27.7 Å². The van der Waals surface area contributed by atoms with Gasteiger partial charge in [-0.25, -0.2) is 0 Å². The van der Waals surface area contributed by atoms with Gasteiger partial charge in [-0.3, -0.25) is 0 Å². The highest BCUT2D eigenvalue weighted by Crippen LogP contribution is 2.25. The lowest BCUT2D eigenvalue weighted by Crippen LogP contribution is -2.44. The Morgan fingerprint density at radius 1 is 0.875 bits per heavy atom. The Kier molecular flexibility index (Phi) is 9.02. The molecule has 0 radical (unpaired) electrons. The van der Waals surface area contributed by atoms with Crippen molar-refractivity contribution in [3.63, 3.8) is 0 Å². The second-order valence-corrected chi connectivity index (χ2v) is 5.61. The molecule has 0 aliphatic rings. The molecule has 0 aliphatic heterocycles. The van der Waals surface area contributed by atoms with Crippen LogP contribution in [0.4, 0.5) is 0 Å². The Labute approximate surface area is 103 Å². The molecule has 16 heavy (non-hydrogen) atoms. The van der Waals surface area contributed by atoms with Crippen molar-refractivity contribution in [2.24, 2.45) is 11.7 Å². The Morgan fingerprint density at radius 3 is 1.81 bits per heavy atom. The summed E-state index contributed by atoms with van der Waals surface area (Å²) in [5.74, 6) is 0.609. The van der Waals surface area contributed by atoms with Crippen LogP contribution >= 0.6 is 0 Å². The smallest absolute Gasteiger partial charge is 0.0174 e. The second kappa shape index (κ2) is 9.04. The first-order chi connectivity index (χ1) is 7.56. The molecule has 0 aromatic carbocycles. The van der Waals surface area contributed by atoms with Crippen molar-refractivity contribution in [2.75, 3.05) is 0 Å². The van der Waals surface area contributed by atoms with Gasteiger partial charge in [-0.15, -0.1) is 0 Å². The van der Waals surface area contributed by atoms with Crippen molar-refractivity contribution in [3.8, 4) is 0 Å². The molecular formula is C15H33N. The molecule has 0 aromatic rings. The third-order valence-corrected chi connectivity index (χ3v) is 4.05. The predicted molar refractivity (Wildman–Crippen MR) is 74.7 cm³/mol. The van der Waals surface area contributed by atoms with Crippen molar-refractivity contribution in [1.82, 2.24) is 0 Å². The average molecular weight is 227 g/mol. The van der Waals surface area contributed by atoms with Gasteiger partial charge in [0.05, 0.1) is 0 Å². The Hall–Kier alpha value is -0.0400. The maximum Gasteiger partial charge on any atom is 0.0174 e. The summed E-state index contributed by atoms with van der Waals surface area (Å²) in [6.07, 6.45) is 12.0. The van der Waals surface area contributed by atoms with Gasteiger partial charge >= 0.3 is 0 Å². The SMILES string of the molecule is CCCCCCCCCC(N)(CC)C(C)C. The molecule has 0 spiro atoms. The summed E-state index contributed by atoms with van der Waals surface area (Å²) in [7, 11) is 0. The van der Waals surface area contributed by atoms with Crippen LogP contribution in [0.2, 0.25) is 0 Å². The van der Waals surface area contributed by atoms with Gasteiger partial charge in [-0.1, -0.05) is 72.6 Å². The molecule has 1 atom stereocenters. The quantitative estimate of drug-likeness (QED) is 0.528. The molecule has 0 rings (SSSR count). The normalized spacial score (nSPS) is 15.4. The van der Waals surface area contributed by atoms with Crippen LogP contribution in [0.15, 0.2) is 0 Å². The van der Waals surface area contributed by atoms with Gasteiger partial charge < -0.3 is 5.73 Å². The zero-order chi connectivity index (χ0) is 12.4. The summed E-state index contributed by atoms with van der Waals surface area (Å²) in [4.78, 5) is 0. The summed E-state index contributed by atoms with van der Waals surface area (Å²) < 4.78 is 0. The minimum Gasteiger partial charge on any atom is -0.325 e. The van der Waals surface area contributed by atoms with Crippen molar-refractivity contribution >= 4 is 0 Å². The predicted octanol–water partition coefficient (Wildman–Crippen LogP) is 4.89. The van der Waals surface area contributed by atoms with Gasteiger partial charge in [-0.2, -0.15) is 0 Å². The topological polar surface area (TPSA) is 26.0 Å². The zero-order valence-electron chi connectivity index (χ0n) is 12.0. The van der Waals surface area contributed by atoms with Gasteiger partial charge in [0.25, 0.3) is 0 Å². The molecule has 2 N–H and O–H groups in total. The molecule has 0 saturated heterocycles. The minimum atomic E-state index is 0.0867. The number of nitrogens with two attached hydrogens (primary N) is 1. The van der Waals surface area contributed by atoms with Gasteiger partial charge in [0.2, 0.25) is 0 Å². The van der Waals surface area contributed by atoms with Crippen LogP contribution in [-0.2, 0) is 0 Å². The summed E-state index contributed by atoms with van der Waals surface area (Å²) in [5.41, 5.74) is 6.49. The summed E-state index contributed by atoms with van der Waals surface area (Å²) in [6, 6.07) is 0. The van der Waals surface area contributed by atoms with Crippen LogP contribution in [0.5, 0.6) is 0 Å². The van der Waals surface area contributed by atoms with E-state index in [0.717, 1.165) is 6.42 Å². The lowest BCUT2D eigenvalue weighted by molar-refractivity contribution is 0.268. The highest BCUT2D eigenvalue weighted by molar-refractivity contribution is 4.85. The summed E-state index contributed by atoms with van der Waals surface area (Å²) in [6.45, 7) is 9.00. The van der Waals surface area contributed by atoms with Gasteiger partial charge in [0.1, 0.15) is 0 Å². The summed E-state index contributed by atoms with van der Waals surface area (Å²) in [5, 5.41) is 0. The molecule has 0 saturated carbocycles. The highest BCUT2D eigenvalue weighted by Gasteiger charge is 2.25. The molecule has 0 bridgehead atoms. The molecule has 0 aliphatic carbocycles. The lowest BCUT2D eigenvalue weighted by atomic mass is 9.80. The van der Waals surface area contributed by atoms with E-state index < -0.39 is 0 Å². The van der Waals surface area contributed by atoms with E-state index in [9.17, 15) is 0 Å². The molecule has 1 nitrogen and oxygen atoms in total. The van der Waals surface area contributed by atoms with E-state index >= 15 is 0 Å². The van der Waals surface area contributed by atoms with E-state index in [4.69, 9.17) is 5.73 Å². The zero-order valence-corrected chi connectivity index (χ0v) is 12.0. The first-order valence-corrected chi connectivity index (χ1v) is 7.35. The molecule has 0 heterocycles. The number of unbranched alkanes of at least 4 members (excludes halogenated alkanes) is 6. The van der Waals surface area contributed by atoms with Crippen molar-refractivity contribution < 1.29 is 0 Å². The largest absolute Gasteiger partial charge is 0.325 e. The standard InChI is InChI=1S/C15H33N/c1-5-7-8-9-10-11-12-13-15(16,6-2)14(3)4/h14H,5-13,16H2,1-4H3. The van der Waals surface area contributed by atoms with Crippen molar-refractivity contribution in [3.05, 3.63) is 0 Å². The Balaban J connectivity index is 3.49. The highest BCUT2D eigenvalue weighted by atomic mass is 14.7. The number of hydrogen-bond acceptors (Lipinski definition) is 1. The fourth-order valence-corrected chi connectivity index (χ4v) is 2.28. The van der Waals surface area contributed by atoms with Crippen molar-refractivity contribution in [2.45, 2.75) is 91.0 Å². The molecule has 98 valence electrons. The molecule has 1 heteroatoms. The third kappa shape index (κ3) is 6.52. The van der Waals surface area contributed by atoms with Crippen LogP contribution in [0, 0.1) is 5.92 Å². The maximum atomic E-state index is 6.40. The fourth-order valence-electron chi connectivity index (χ4n) is 2.28. The van der Waals surface area contributed by atoms with E-state index in [1.54, 1.807) is 0 Å². The molecule has 0 fully saturated rings. The Bertz CT molecular complexity index is 154. The van der Waals surface area contributed by atoms with Crippen molar-refractivity contribution in [1.29, 1.82) is 0 Å². The van der Waals surface area contributed by atoms with Gasteiger partial charge in [0.15, 0.2) is 0 Å². The van der Waals surface area contributed by atoms with Crippen LogP contribution in [-0.4, -0.2) is 5.54 Å².